The first-order valence-corrected chi connectivity index (χ1v) is 12.3. The van der Waals surface area contributed by atoms with Crippen LogP contribution in [0.2, 0.25) is 0 Å². The number of benzene rings is 1. The zero-order valence-electron chi connectivity index (χ0n) is 19.6. The topological polar surface area (TPSA) is 148 Å². The molecule has 0 saturated carbocycles. The number of imidazole rings is 1. The molecular weight excluding hydrogens is 476 g/mol. The minimum absolute atomic E-state index is 0.0532. The van der Waals surface area contributed by atoms with Crippen LogP contribution in [0, 0.1) is 6.92 Å². The highest BCUT2D eigenvalue weighted by Gasteiger charge is 2.27. The third kappa shape index (κ3) is 7.15. The third-order valence-electron chi connectivity index (χ3n) is 5.04. The van der Waals surface area contributed by atoms with E-state index in [-0.39, 0.29) is 36.5 Å². The van der Waals surface area contributed by atoms with E-state index in [2.05, 4.69) is 20.0 Å². The van der Waals surface area contributed by atoms with E-state index < -0.39 is 17.3 Å². The van der Waals surface area contributed by atoms with Crippen LogP contribution < -0.4 is 10.1 Å². The Hall–Kier alpha value is -3.19. The molecule has 3 aromatic rings. The molecule has 1 unspecified atom stereocenters. The molecule has 2 heterocycles. The highest BCUT2D eigenvalue weighted by atomic mass is 32.2. The van der Waals surface area contributed by atoms with Gasteiger partial charge in [0.2, 0.25) is 5.91 Å². The lowest BCUT2D eigenvalue weighted by atomic mass is 10.2. The van der Waals surface area contributed by atoms with Gasteiger partial charge in [-0.2, -0.15) is 4.98 Å². The number of carbonyl (C=O) groups excluding carboxylic acids is 1. The predicted molar refractivity (Wildman–Crippen MR) is 128 cm³/mol. The van der Waals surface area contributed by atoms with E-state index in [1.807, 2.05) is 6.92 Å². The summed E-state index contributed by atoms with van der Waals surface area (Å²) in [7, 11) is 1.63. The molecule has 188 valence electrons. The Morgan fingerprint density at radius 3 is 2.77 bits per heavy atom. The van der Waals surface area contributed by atoms with Crippen LogP contribution in [0.5, 0.6) is 5.75 Å². The highest BCUT2D eigenvalue weighted by Crippen LogP contribution is 2.26. The van der Waals surface area contributed by atoms with Crippen molar-refractivity contribution in [2.24, 2.45) is 0 Å². The Labute approximate surface area is 205 Å². The quantitative estimate of drug-likeness (QED) is 0.202. The fraction of sp³-hybridized carbons (Fsp3) is 0.391. The van der Waals surface area contributed by atoms with Crippen molar-refractivity contribution in [3.05, 3.63) is 47.8 Å². The Balaban J connectivity index is 1.77. The molecular formula is C23H28N4O7S. The van der Waals surface area contributed by atoms with Crippen molar-refractivity contribution >= 4 is 34.3 Å². The van der Waals surface area contributed by atoms with Crippen LogP contribution in [0.4, 0.5) is 4.79 Å². The zero-order valence-corrected chi connectivity index (χ0v) is 20.4. The average molecular weight is 505 g/mol. The highest BCUT2D eigenvalue weighted by molar-refractivity contribution is 7.90. The first-order valence-electron chi connectivity index (χ1n) is 10.9. The van der Waals surface area contributed by atoms with Crippen LogP contribution in [-0.2, 0) is 26.4 Å². The molecule has 1 atom stereocenters. The summed E-state index contributed by atoms with van der Waals surface area (Å²) in [6.45, 7) is 2.87. The van der Waals surface area contributed by atoms with Crippen LogP contribution in [-0.4, -0.2) is 76.3 Å². The van der Waals surface area contributed by atoms with Crippen molar-refractivity contribution in [3.63, 3.8) is 0 Å². The maximum absolute atomic E-state index is 13.4. The summed E-state index contributed by atoms with van der Waals surface area (Å²) < 4.78 is 30.0. The molecule has 35 heavy (non-hydrogen) atoms. The lowest BCUT2D eigenvalue weighted by Gasteiger charge is -2.14. The van der Waals surface area contributed by atoms with E-state index in [0.717, 1.165) is 12.0 Å². The first kappa shape index (κ1) is 26.4. The van der Waals surface area contributed by atoms with E-state index in [1.165, 1.54) is 4.57 Å². The molecule has 0 aliphatic carbocycles. The molecule has 3 rings (SSSR count). The summed E-state index contributed by atoms with van der Waals surface area (Å²) in [5.74, 6) is 0.329. The van der Waals surface area contributed by atoms with Crippen LogP contribution in [0.25, 0.3) is 11.0 Å². The molecule has 0 fully saturated rings. The summed E-state index contributed by atoms with van der Waals surface area (Å²) in [5, 5.41) is 11.5. The van der Waals surface area contributed by atoms with Crippen molar-refractivity contribution < 1.29 is 33.5 Å². The number of ether oxygens (including phenoxy) is 3. The minimum Gasteiger partial charge on any atom is -0.609 e. The molecule has 11 nitrogen and oxygen atoms in total. The summed E-state index contributed by atoms with van der Waals surface area (Å²) in [6, 6.07) is 8.78. The van der Waals surface area contributed by atoms with E-state index in [9.17, 15) is 14.1 Å². The first-order chi connectivity index (χ1) is 16.9. The summed E-state index contributed by atoms with van der Waals surface area (Å²) in [6.07, 6.45) is 0.953. The maximum atomic E-state index is 13.4. The Morgan fingerprint density at radius 2 is 2.00 bits per heavy atom. The van der Waals surface area contributed by atoms with Crippen molar-refractivity contribution in [3.8, 4) is 5.75 Å². The Morgan fingerprint density at radius 1 is 1.20 bits per heavy atom. The van der Waals surface area contributed by atoms with Crippen LogP contribution in [0.1, 0.15) is 22.5 Å². The van der Waals surface area contributed by atoms with Crippen molar-refractivity contribution in [1.29, 1.82) is 0 Å². The van der Waals surface area contributed by atoms with E-state index in [0.29, 0.717) is 35.7 Å². The maximum Gasteiger partial charge on any atom is 0.505 e. The molecule has 0 aliphatic rings. The molecule has 1 aromatic carbocycles. The summed E-state index contributed by atoms with van der Waals surface area (Å²) >= 11 is -1.68. The van der Waals surface area contributed by atoms with Crippen LogP contribution in [0.3, 0.4) is 0 Å². The fourth-order valence-electron chi connectivity index (χ4n) is 3.32. The number of carbonyl (C=O) groups is 2. The number of fused-ring (bicyclic) bond motifs is 1. The van der Waals surface area contributed by atoms with Gasteiger partial charge in [0.25, 0.3) is 0 Å². The van der Waals surface area contributed by atoms with Crippen LogP contribution in [0.15, 0.2) is 41.7 Å². The molecule has 2 aromatic heterocycles. The molecule has 0 saturated heterocycles. The third-order valence-corrected chi connectivity index (χ3v) is 6.26. The summed E-state index contributed by atoms with van der Waals surface area (Å²) in [5.41, 5.74) is 2.43. The second kappa shape index (κ2) is 13.0. The smallest absolute Gasteiger partial charge is 0.505 e. The molecule has 0 spiro atoms. The van der Waals surface area contributed by atoms with Gasteiger partial charge in [0.1, 0.15) is 12.4 Å². The number of aromatic nitrogens is 3. The number of pyridine rings is 1. The largest absolute Gasteiger partial charge is 0.609 e. The molecule has 0 bridgehead atoms. The number of rotatable bonds is 13. The van der Waals surface area contributed by atoms with Gasteiger partial charge in [0, 0.05) is 49.6 Å². The lowest BCUT2D eigenvalue weighted by molar-refractivity contribution is 0.0880. The SMILES string of the molecule is COCCCOc1ccnc(C[S+]([O-])c2nc3ccccc3n2C(=O)CNCCOC(=O)O)c1C. The van der Waals surface area contributed by atoms with Gasteiger partial charge in [-0.1, -0.05) is 12.1 Å². The van der Waals surface area contributed by atoms with Gasteiger partial charge in [0.05, 0.1) is 29.9 Å². The zero-order chi connectivity index (χ0) is 25.2. The molecule has 0 aliphatic heterocycles. The van der Waals surface area contributed by atoms with Gasteiger partial charge in [-0.15, -0.1) is 0 Å². The standard InChI is InChI=1S/C23H28N4O7S/c1-16-18(25-9-8-20(16)33-12-5-11-32-2)15-35(31)22-26-17-6-3-4-7-19(17)27(22)21(28)14-24-10-13-34-23(29)30/h3-4,6-9,24H,5,10-15H2,1-2H3,(H,29,30). The van der Waals surface area contributed by atoms with Crippen LogP contribution >= 0.6 is 0 Å². The number of para-hydroxylation sites is 2. The molecule has 2 N–H and O–H groups in total. The van der Waals surface area contributed by atoms with E-state index >= 15 is 0 Å². The van der Waals surface area contributed by atoms with Gasteiger partial charge in [-0.25, -0.2) is 9.36 Å². The lowest BCUT2D eigenvalue weighted by Crippen LogP contribution is -2.31. The van der Waals surface area contributed by atoms with Gasteiger partial charge in [-0.05, 0) is 25.1 Å². The molecule has 12 heteroatoms. The van der Waals surface area contributed by atoms with Gasteiger partial charge in [-0.3, -0.25) is 9.78 Å². The minimum atomic E-state index is -1.68. The number of hydrogen-bond donors (Lipinski definition) is 2. The second-order valence-corrected chi connectivity index (χ2v) is 8.81. The predicted octanol–water partition coefficient (Wildman–Crippen LogP) is 2.39. The number of nitrogens with one attached hydrogen (secondary N) is 1. The van der Waals surface area contributed by atoms with Crippen molar-refractivity contribution in [2.45, 2.75) is 24.3 Å². The van der Waals surface area contributed by atoms with Gasteiger partial charge >= 0.3 is 11.3 Å². The van der Waals surface area contributed by atoms with E-state index in [1.54, 1.807) is 43.6 Å². The fourth-order valence-corrected chi connectivity index (χ4v) is 4.59. The van der Waals surface area contributed by atoms with E-state index in [4.69, 9.17) is 14.6 Å². The van der Waals surface area contributed by atoms with Crippen molar-refractivity contribution in [1.82, 2.24) is 19.9 Å². The van der Waals surface area contributed by atoms with Crippen molar-refractivity contribution in [2.75, 3.05) is 40.0 Å². The normalized spacial score (nSPS) is 12.0. The average Bonchev–Trinajstić information content (AvgIpc) is 3.23. The van der Waals surface area contributed by atoms with Gasteiger partial charge in [0.15, 0.2) is 5.75 Å². The second-order valence-electron chi connectivity index (χ2n) is 7.47. The number of methoxy groups -OCH3 is 1. The Bertz CT molecular complexity index is 1150. The molecule has 0 amide bonds. The Kier molecular flexibility index (Phi) is 9.85. The molecule has 0 radical (unpaired) electrons. The number of carboxylic acid groups (broad SMARTS) is 1. The number of hydrogen-bond acceptors (Lipinski definition) is 9. The number of nitrogens with zero attached hydrogens (tertiary/aromatic N) is 3. The van der Waals surface area contributed by atoms with Gasteiger partial charge < -0.3 is 29.2 Å². The summed E-state index contributed by atoms with van der Waals surface area (Å²) in [4.78, 5) is 32.3. The monoisotopic (exact) mass is 504 g/mol.